The van der Waals surface area contributed by atoms with Crippen LogP contribution in [-0.2, 0) is 13.2 Å². The summed E-state index contributed by atoms with van der Waals surface area (Å²) in [7, 11) is 1.74. The molecule has 0 saturated heterocycles. The van der Waals surface area contributed by atoms with Crippen molar-refractivity contribution in [2.24, 2.45) is 7.05 Å². The minimum Gasteiger partial charge on any atom is -0.263 e. The number of aromatic nitrogens is 7. The third kappa shape index (κ3) is 2.60. The number of hydrogen-bond donors (Lipinski definition) is 0. The van der Waals surface area contributed by atoms with E-state index in [1.807, 2.05) is 0 Å². The Morgan fingerprint density at radius 1 is 1.14 bits per heavy atom. The molecule has 5 rings (SSSR count). The van der Waals surface area contributed by atoms with Crippen molar-refractivity contribution in [2.45, 2.75) is 20.0 Å². The Labute approximate surface area is 169 Å². The van der Waals surface area contributed by atoms with Crippen LogP contribution >= 0.6 is 22.9 Å². The van der Waals surface area contributed by atoms with E-state index in [4.69, 9.17) is 11.6 Å². The lowest BCUT2D eigenvalue weighted by molar-refractivity contribution is -0.141. The van der Waals surface area contributed by atoms with Crippen LogP contribution in [0.3, 0.4) is 0 Å². The molecule has 5 heterocycles. The lowest BCUT2D eigenvalue weighted by Crippen LogP contribution is -2.07. The van der Waals surface area contributed by atoms with E-state index in [9.17, 15) is 13.2 Å². The maximum Gasteiger partial charge on any atom is 0.433 e. The van der Waals surface area contributed by atoms with Crippen LogP contribution in [0.15, 0.2) is 12.4 Å². The zero-order valence-corrected chi connectivity index (χ0v) is 16.8. The molecule has 29 heavy (non-hydrogen) atoms. The molecule has 0 saturated carbocycles. The van der Waals surface area contributed by atoms with Crippen molar-refractivity contribution in [1.29, 1.82) is 0 Å². The molecule has 0 aromatic carbocycles. The third-order valence-corrected chi connectivity index (χ3v) is 6.14. The number of halogens is 4. The van der Waals surface area contributed by atoms with Crippen molar-refractivity contribution in [3.63, 3.8) is 0 Å². The van der Waals surface area contributed by atoms with Crippen molar-refractivity contribution >= 4 is 49.0 Å². The van der Waals surface area contributed by atoms with Gasteiger partial charge in [-0.2, -0.15) is 18.3 Å². The fraction of sp³-hybridized carbons (Fsp3) is 0.235. The molecule has 0 aliphatic heterocycles. The molecule has 7 nitrogen and oxygen atoms in total. The van der Waals surface area contributed by atoms with Gasteiger partial charge in [-0.05, 0) is 25.5 Å². The first-order chi connectivity index (χ1) is 13.6. The van der Waals surface area contributed by atoms with Gasteiger partial charge in [-0.3, -0.25) is 4.68 Å². The number of alkyl halides is 3. The Hall–Kier alpha value is -2.79. The Balaban J connectivity index is 1.82. The average molecular weight is 438 g/mol. The summed E-state index contributed by atoms with van der Waals surface area (Å²) in [5.74, 6) is 0.352. The second-order valence-corrected chi connectivity index (χ2v) is 7.98. The molecule has 5 aromatic rings. The molecular formula is C17H11ClF3N7S. The summed E-state index contributed by atoms with van der Waals surface area (Å²) in [4.78, 5) is 13.0. The number of hydrogen-bond acceptors (Lipinski definition) is 6. The van der Waals surface area contributed by atoms with Crippen molar-refractivity contribution < 1.29 is 13.2 Å². The highest BCUT2D eigenvalue weighted by molar-refractivity contribution is 7.26. The normalized spacial score (nSPS) is 12.7. The molecule has 0 atom stereocenters. The monoisotopic (exact) mass is 437 g/mol. The van der Waals surface area contributed by atoms with E-state index < -0.39 is 11.9 Å². The van der Waals surface area contributed by atoms with Gasteiger partial charge in [0.25, 0.3) is 0 Å². The van der Waals surface area contributed by atoms with Gasteiger partial charge >= 0.3 is 6.18 Å². The van der Waals surface area contributed by atoms with Crippen molar-refractivity contribution in [3.05, 3.63) is 34.4 Å². The van der Waals surface area contributed by atoms with E-state index in [0.717, 1.165) is 17.4 Å². The summed E-state index contributed by atoms with van der Waals surface area (Å²) in [6, 6.07) is 1.04. The summed E-state index contributed by atoms with van der Waals surface area (Å²) >= 11 is 7.44. The van der Waals surface area contributed by atoms with Crippen LogP contribution in [0.25, 0.3) is 37.6 Å². The molecule has 12 heteroatoms. The van der Waals surface area contributed by atoms with Crippen LogP contribution in [0.2, 0.25) is 5.02 Å². The minimum atomic E-state index is -4.52. The molecule has 0 fully saturated rings. The summed E-state index contributed by atoms with van der Waals surface area (Å²) < 4.78 is 43.1. The summed E-state index contributed by atoms with van der Waals surface area (Å²) in [5.41, 5.74) is 1.74. The van der Waals surface area contributed by atoms with E-state index >= 15 is 0 Å². The smallest absolute Gasteiger partial charge is 0.263 e. The zero-order chi connectivity index (χ0) is 20.7. The highest BCUT2D eigenvalue weighted by Crippen LogP contribution is 2.39. The molecule has 0 aliphatic carbocycles. The van der Waals surface area contributed by atoms with E-state index in [2.05, 4.69) is 25.1 Å². The molecule has 0 aliphatic rings. The summed E-state index contributed by atoms with van der Waals surface area (Å²) in [6.45, 7) is 3.39. The van der Waals surface area contributed by atoms with Crippen LogP contribution in [0, 0.1) is 13.8 Å². The van der Waals surface area contributed by atoms with Crippen molar-refractivity contribution in [2.75, 3.05) is 0 Å². The molecule has 148 valence electrons. The van der Waals surface area contributed by atoms with Gasteiger partial charge in [0, 0.05) is 12.4 Å². The minimum absolute atomic E-state index is 0.256. The van der Waals surface area contributed by atoms with Gasteiger partial charge in [0.2, 0.25) is 5.82 Å². The second kappa shape index (κ2) is 5.86. The highest BCUT2D eigenvalue weighted by Gasteiger charge is 2.33. The van der Waals surface area contributed by atoms with E-state index in [-0.39, 0.29) is 4.83 Å². The molecule has 5 aromatic heterocycles. The third-order valence-electron chi connectivity index (χ3n) is 4.62. The van der Waals surface area contributed by atoms with Gasteiger partial charge in [0.1, 0.15) is 27.2 Å². The van der Waals surface area contributed by atoms with Crippen LogP contribution in [0.5, 0.6) is 0 Å². The lowest BCUT2D eigenvalue weighted by Gasteiger charge is -2.06. The quantitative estimate of drug-likeness (QED) is 0.384. The van der Waals surface area contributed by atoms with Crippen molar-refractivity contribution in [3.8, 4) is 11.5 Å². The molecule has 0 spiro atoms. The van der Waals surface area contributed by atoms with Gasteiger partial charge in [-0.25, -0.2) is 19.5 Å². The Kier molecular flexibility index (Phi) is 3.69. The first kappa shape index (κ1) is 18.3. The fourth-order valence-electron chi connectivity index (χ4n) is 3.33. The number of aryl methyl sites for hydroxylation is 3. The average Bonchev–Trinajstić information content (AvgIpc) is 3.27. The molecule has 0 radical (unpaired) electrons. The van der Waals surface area contributed by atoms with Gasteiger partial charge in [0.15, 0.2) is 5.65 Å². The van der Waals surface area contributed by atoms with Gasteiger partial charge in [-0.1, -0.05) is 11.6 Å². The topological polar surface area (TPSA) is 73.8 Å². The van der Waals surface area contributed by atoms with Crippen LogP contribution < -0.4 is 0 Å². The maximum atomic E-state index is 13.2. The zero-order valence-electron chi connectivity index (χ0n) is 15.2. The number of fused-ring (bicyclic) bond motifs is 5. The summed E-state index contributed by atoms with van der Waals surface area (Å²) in [5, 5.41) is 9.71. The van der Waals surface area contributed by atoms with E-state index in [0.29, 0.717) is 49.0 Å². The molecule has 0 N–H and O–H groups in total. The molecule has 0 unspecified atom stereocenters. The van der Waals surface area contributed by atoms with E-state index in [1.165, 1.54) is 10.8 Å². The van der Waals surface area contributed by atoms with Crippen LogP contribution in [0.4, 0.5) is 13.2 Å². The van der Waals surface area contributed by atoms with Gasteiger partial charge < -0.3 is 0 Å². The first-order valence-electron chi connectivity index (χ1n) is 8.37. The first-order valence-corrected chi connectivity index (χ1v) is 9.56. The fourth-order valence-corrected chi connectivity index (χ4v) is 4.75. The molecule has 0 bridgehead atoms. The SMILES string of the molecule is Cc1nn(C)c(-c2nc3c4sc5nc(C(F)(F)F)cc(C)c5c4ncn3n2)c1Cl. The maximum absolute atomic E-state index is 13.2. The van der Waals surface area contributed by atoms with E-state index in [1.54, 1.807) is 25.6 Å². The standard InChI is InChI=1S/C17H11ClF3N7S/c1-6-4-8(17(19,20)21)23-16-9(6)11-13(29-16)15-24-14(26-28(15)5-22-11)12-10(18)7(2)25-27(12)3/h4-5H,1-3H3. The van der Waals surface area contributed by atoms with Crippen LogP contribution in [0.1, 0.15) is 17.0 Å². The summed E-state index contributed by atoms with van der Waals surface area (Å²) in [6.07, 6.45) is -3.04. The van der Waals surface area contributed by atoms with Crippen LogP contribution in [-0.4, -0.2) is 34.3 Å². The number of nitrogens with zero attached hydrogens (tertiary/aromatic N) is 7. The van der Waals surface area contributed by atoms with Crippen molar-refractivity contribution in [1.82, 2.24) is 34.3 Å². The molecule has 0 amide bonds. The van der Waals surface area contributed by atoms with Gasteiger partial charge in [-0.15, -0.1) is 16.4 Å². The number of pyridine rings is 1. The van der Waals surface area contributed by atoms with Gasteiger partial charge in [0.05, 0.1) is 16.2 Å². The second-order valence-electron chi connectivity index (χ2n) is 6.60. The largest absolute Gasteiger partial charge is 0.433 e. The Morgan fingerprint density at radius 2 is 1.90 bits per heavy atom. The predicted octanol–water partition coefficient (Wildman–Crippen LogP) is 4.58. The number of thiophene rings is 1. The Morgan fingerprint density at radius 3 is 2.55 bits per heavy atom. The Bertz CT molecular complexity index is 1450. The predicted molar refractivity (Wildman–Crippen MR) is 103 cm³/mol. The highest BCUT2D eigenvalue weighted by atomic mass is 35.5. The number of rotatable bonds is 1. The molecular weight excluding hydrogens is 427 g/mol. The lowest BCUT2D eigenvalue weighted by atomic mass is 10.1.